The molecule has 31 heavy (non-hydrogen) atoms. The Hall–Kier alpha value is -2.49. The quantitative estimate of drug-likeness (QED) is 0.443. The number of benzene rings is 1. The zero-order valence-electron chi connectivity index (χ0n) is 17.5. The van der Waals surface area contributed by atoms with Crippen LogP contribution in [0.2, 0.25) is 0 Å². The molecule has 7 nitrogen and oxygen atoms in total. The molecule has 5 rings (SSSR count). The number of aryl methyl sites for hydroxylation is 1. The number of nitrogens with one attached hydrogen (secondary N) is 1. The number of rotatable bonds is 3. The molecule has 3 aliphatic rings. The van der Waals surface area contributed by atoms with Gasteiger partial charge in [0, 0.05) is 29.8 Å². The largest absolute Gasteiger partial charge is 0.554 e. The molecule has 3 saturated heterocycles. The number of carbonyl (C=O) groups is 2. The minimum atomic E-state index is -0.500. The van der Waals surface area contributed by atoms with Crippen LogP contribution in [0.4, 0.5) is 14.9 Å². The van der Waals surface area contributed by atoms with Gasteiger partial charge in [-0.05, 0) is 42.1 Å². The summed E-state index contributed by atoms with van der Waals surface area (Å²) in [6, 6.07) is 7.15. The smallest absolute Gasteiger partial charge is 0.411 e. The Morgan fingerprint density at radius 3 is 2.52 bits per heavy atom. The average molecular weight is 449 g/mol. The van der Waals surface area contributed by atoms with E-state index in [1.807, 2.05) is 18.4 Å². The van der Waals surface area contributed by atoms with E-state index in [0.29, 0.717) is 35.5 Å². The lowest BCUT2D eigenvalue weighted by atomic mass is 9.96. The van der Waals surface area contributed by atoms with E-state index in [0.717, 1.165) is 27.8 Å². The van der Waals surface area contributed by atoms with Crippen LogP contribution >= 0.6 is 11.3 Å². The van der Waals surface area contributed by atoms with Gasteiger partial charge in [0.1, 0.15) is 36.2 Å². The van der Waals surface area contributed by atoms with Crippen LogP contribution in [0, 0.1) is 12.7 Å². The molecule has 9 heteroatoms. The highest BCUT2D eigenvalue weighted by Gasteiger charge is 2.70. The van der Waals surface area contributed by atoms with E-state index >= 15 is 0 Å². The molecule has 3 aliphatic heterocycles. The molecule has 1 amide bonds. The molecule has 2 aromatic rings. The van der Waals surface area contributed by atoms with E-state index < -0.39 is 12.6 Å². The maximum Gasteiger partial charge on any atom is 0.411 e. The number of hydrogen-bond donors (Lipinski definition) is 1. The van der Waals surface area contributed by atoms with E-state index in [9.17, 15) is 9.18 Å². The molecule has 4 heterocycles. The zero-order valence-corrected chi connectivity index (χ0v) is 18.4. The summed E-state index contributed by atoms with van der Waals surface area (Å²) >= 11 is 1.53. The molecule has 1 unspecified atom stereocenters. The number of hydrogen-bond acceptors (Lipinski definition) is 6. The maximum absolute atomic E-state index is 13.8. The summed E-state index contributed by atoms with van der Waals surface area (Å²) in [7, 11) is 4.49. The number of carboxylic acid groups (broad SMARTS) is 1. The number of likely N-dealkylation sites (N-methyl/N-ethyl adjacent to an activating group) is 1. The highest BCUT2D eigenvalue weighted by Crippen LogP contribution is 2.51. The number of quaternary nitrogens is 1. The number of amides is 1. The van der Waals surface area contributed by atoms with E-state index in [1.54, 1.807) is 6.07 Å². The third kappa shape index (κ3) is 4.17. The van der Waals surface area contributed by atoms with Crippen molar-refractivity contribution in [3.05, 3.63) is 41.0 Å². The summed E-state index contributed by atoms with van der Waals surface area (Å²) in [5.41, 5.74) is 2.34. The first-order chi connectivity index (χ1) is 14.7. The molecule has 5 atom stereocenters. The van der Waals surface area contributed by atoms with Crippen LogP contribution in [-0.4, -0.2) is 61.5 Å². The van der Waals surface area contributed by atoms with Crippen molar-refractivity contribution in [1.82, 2.24) is 0 Å². The van der Waals surface area contributed by atoms with Crippen LogP contribution in [0.3, 0.4) is 0 Å². The molecule has 1 aromatic carbocycles. The number of ether oxygens (including phenoxy) is 2. The van der Waals surface area contributed by atoms with Crippen molar-refractivity contribution in [1.29, 1.82) is 0 Å². The molecule has 0 aliphatic carbocycles. The lowest BCUT2D eigenvalue weighted by molar-refractivity contribution is -0.938. The third-order valence-corrected chi connectivity index (χ3v) is 7.61. The number of epoxide rings is 1. The number of nitrogens with zero attached hydrogens (tertiary/aromatic N) is 1. The number of piperidine rings is 1. The lowest BCUT2D eigenvalue weighted by Crippen LogP contribution is -2.60. The fourth-order valence-corrected chi connectivity index (χ4v) is 5.92. The molecule has 2 bridgehead atoms. The summed E-state index contributed by atoms with van der Waals surface area (Å²) in [5.74, 6) is -0.331. The lowest BCUT2D eigenvalue weighted by Gasteiger charge is -2.45. The molecule has 0 radical (unpaired) electrons. The summed E-state index contributed by atoms with van der Waals surface area (Å²) < 4.78 is 26.3. The predicted octanol–water partition coefficient (Wildman–Crippen LogP) is 2.53. The Balaban J connectivity index is 0.000000730. The van der Waals surface area contributed by atoms with Crippen molar-refractivity contribution in [2.75, 3.05) is 19.4 Å². The number of halogens is 1. The summed E-state index contributed by atoms with van der Waals surface area (Å²) in [5, 5.41) is 13.1. The Morgan fingerprint density at radius 1 is 1.29 bits per heavy atom. The van der Waals surface area contributed by atoms with Crippen LogP contribution in [0.15, 0.2) is 29.6 Å². The minimum absolute atomic E-state index is 0.106. The zero-order chi connectivity index (χ0) is 22.3. The Kier molecular flexibility index (Phi) is 5.76. The Morgan fingerprint density at radius 2 is 1.94 bits per heavy atom. The van der Waals surface area contributed by atoms with Crippen LogP contribution in [0.5, 0.6) is 0 Å². The van der Waals surface area contributed by atoms with Crippen molar-refractivity contribution < 1.29 is 33.0 Å². The van der Waals surface area contributed by atoms with Crippen LogP contribution < -0.4 is 10.4 Å². The first-order valence-corrected chi connectivity index (χ1v) is 11.0. The van der Waals surface area contributed by atoms with E-state index in [4.69, 9.17) is 19.4 Å². The van der Waals surface area contributed by atoms with E-state index in [1.165, 1.54) is 23.5 Å². The van der Waals surface area contributed by atoms with Gasteiger partial charge in [0.05, 0.1) is 19.8 Å². The molecule has 3 fully saturated rings. The predicted molar refractivity (Wildman–Crippen MR) is 112 cm³/mol. The first kappa shape index (κ1) is 21.7. The molecule has 0 saturated carbocycles. The van der Waals surface area contributed by atoms with E-state index in [-0.39, 0.29) is 11.9 Å². The van der Waals surface area contributed by atoms with Gasteiger partial charge in [-0.2, -0.15) is 0 Å². The van der Waals surface area contributed by atoms with Crippen molar-refractivity contribution in [3.63, 3.8) is 0 Å². The molecular weight excluding hydrogens is 423 g/mol. The normalized spacial score (nSPS) is 29.2. The van der Waals surface area contributed by atoms with Gasteiger partial charge in [-0.1, -0.05) is 0 Å². The van der Waals surface area contributed by atoms with Gasteiger partial charge in [0.2, 0.25) is 0 Å². The molecular formula is C22H25FN2O5S. The number of anilines is 1. The number of thiophene rings is 1. The van der Waals surface area contributed by atoms with Crippen LogP contribution in [0.1, 0.15) is 18.4 Å². The van der Waals surface area contributed by atoms with Gasteiger partial charge in [-0.15, -0.1) is 11.3 Å². The molecule has 0 spiro atoms. The fourth-order valence-electron chi connectivity index (χ4n) is 4.99. The average Bonchev–Trinajstić information content (AvgIpc) is 3.34. The molecule has 166 valence electrons. The van der Waals surface area contributed by atoms with E-state index in [2.05, 4.69) is 19.4 Å². The minimum Gasteiger partial charge on any atom is -0.554 e. The van der Waals surface area contributed by atoms with Crippen molar-refractivity contribution in [2.45, 2.75) is 50.2 Å². The van der Waals surface area contributed by atoms with Gasteiger partial charge in [-0.3, -0.25) is 5.32 Å². The Labute approximate surface area is 184 Å². The second-order valence-corrected chi connectivity index (χ2v) is 9.64. The van der Waals surface area contributed by atoms with Crippen molar-refractivity contribution in [3.8, 4) is 10.4 Å². The molecule has 1 N–H and O–H groups in total. The van der Waals surface area contributed by atoms with Crippen molar-refractivity contribution in [2.24, 2.45) is 0 Å². The Bertz CT molecular complexity index is 974. The van der Waals surface area contributed by atoms with Gasteiger partial charge in [-0.25, -0.2) is 9.18 Å². The SMILES string of the molecule is Cc1csc(-c2cc(F)ccc2NC(=O)OC2C[C@@H]3[C@H]4O[C@H]4[C@H](C2)[N+]3(C)C)c1.O=C[O-]. The molecule has 1 aromatic heterocycles. The summed E-state index contributed by atoms with van der Waals surface area (Å²) in [6.07, 6.45) is 1.69. The fraction of sp³-hybridized carbons (Fsp3) is 0.455. The standard InChI is InChI=1S/C21H23FN2O3S.CH2O2/c1-11-6-18(28-10-11)14-7-12(22)4-5-15(14)23-21(25)26-13-8-16-19-20(27-19)17(9-13)24(16,2)3;2-1-3/h4-7,10,13,16-17,19-20H,8-9H2,1-3H3;1H,(H,2,3)/t13?,16-,17+,19-,20+;. The highest BCUT2D eigenvalue weighted by molar-refractivity contribution is 7.13. The first-order valence-electron chi connectivity index (χ1n) is 10.1. The second kappa shape index (κ2) is 8.22. The third-order valence-electron chi connectivity index (χ3n) is 6.53. The maximum atomic E-state index is 13.8. The number of carbonyl (C=O) groups excluding carboxylic acids is 2. The van der Waals surface area contributed by atoms with Gasteiger partial charge < -0.3 is 23.9 Å². The van der Waals surface area contributed by atoms with Gasteiger partial charge in [0.25, 0.3) is 0 Å². The topological polar surface area (TPSA) is 91.0 Å². The second-order valence-electron chi connectivity index (χ2n) is 8.73. The van der Waals surface area contributed by atoms with Gasteiger partial charge in [0.15, 0.2) is 0 Å². The highest BCUT2D eigenvalue weighted by atomic mass is 32.1. The number of fused-ring (bicyclic) bond motifs is 5. The summed E-state index contributed by atoms with van der Waals surface area (Å²) in [6.45, 7) is 1.49. The van der Waals surface area contributed by atoms with Crippen LogP contribution in [-0.2, 0) is 14.3 Å². The van der Waals surface area contributed by atoms with Crippen molar-refractivity contribution >= 4 is 29.6 Å². The number of morpholine rings is 1. The van der Waals surface area contributed by atoms with Crippen LogP contribution in [0.25, 0.3) is 10.4 Å². The van der Waals surface area contributed by atoms with Gasteiger partial charge >= 0.3 is 6.09 Å². The monoisotopic (exact) mass is 448 g/mol. The summed E-state index contributed by atoms with van der Waals surface area (Å²) in [4.78, 5) is 21.7.